The summed E-state index contributed by atoms with van der Waals surface area (Å²) in [5, 5.41) is 0. The number of phosphoric ester groups is 1. The van der Waals surface area contributed by atoms with Crippen LogP contribution in [0, 0.1) is 11.3 Å². The van der Waals surface area contributed by atoms with Crippen molar-refractivity contribution in [2.45, 2.75) is 237 Å². The summed E-state index contributed by atoms with van der Waals surface area (Å²) >= 11 is 0. The number of hydrogen-bond acceptors (Lipinski definition) is 5. The summed E-state index contributed by atoms with van der Waals surface area (Å²) in [5.41, 5.74) is 0.388. The van der Waals surface area contributed by atoms with Gasteiger partial charge in [-0.05, 0) is 114 Å². The van der Waals surface area contributed by atoms with Gasteiger partial charge >= 0.3 is 7.82 Å². The molecule has 0 amide bonds. The third-order valence-electron chi connectivity index (χ3n) is 12.6. The topological polar surface area (TPSA) is 74.2 Å². The van der Waals surface area contributed by atoms with E-state index < -0.39 is 7.82 Å². The van der Waals surface area contributed by atoms with Crippen molar-refractivity contribution in [3.8, 4) is 0 Å². The Kier molecular flexibility index (Phi) is 26.5. The summed E-state index contributed by atoms with van der Waals surface area (Å²) in [6.45, 7) is 4.77. The first kappa shape index (κ1) is 49.4. The number of allylic oxidation sites excluding steroid dienone is 8. The molecule has 1 heterocycles. The Morgan fingerprint density at radius 1 is 0.589 bits per heavy atom. The number of phosphoric acid groups is 1. The molecule has 0 bridgehead atoms. The van der Waals surface area contributed by atoms with Crippen molar-refractivity contribution in [2.75, 3.05) is 13.7 Å². The molecule has 1 unspecified atom stereocenters. The van der Waals surface area contributed by atoms with Gasteiger partial charge in [-0.15, -0.1) is 0 Å². The van der Waals surface area contributed by atoms with Crippen molar-refractivity contribution >= 4 is 7.82 Å². The summed E-state index contributed by atoms with van der Waals surface area (Å²) < 4.78 is 34.6. The molecule has 0 aromatic rings. The van der Waals surface area contributed by atoms with Crippen LogP contribution < -0.4 is 0 Å². The van der Waals surface area contributed by atoms with Gasteiger partial charge in [0, 0.05) is 20.0 Å². The first-order chi connectivity index (χ1) is 27.3. The van der Waals surface area contributed by atoms with Crippen LogP contribution in [0.5, 0.6) is 0 Å². The Morgan fingerprint density at radius 3 is 1.43 bits per heavy atom. The molecule has 3 aliphatic rings. The number of rotatable bonds is 36. The normalized spacial score (nSPS) is 22.7. The number of fused-ring (bicyclic) bond motifs is 1. The minimum absolute atomic E-state index is 0.200. The Hall–Kier alpha value is -1.01. The van der Waals surface area contributed by atoms with Crippen LogP contribution in [0.2, 0.25) is 0 Å². The van der Waals surface area contributed by atoms with E-state index in [2.05, 4.69) is 67.0 Å². The SMILES string of the molecule is CCCCC/C=C\C/C=C\CCCCCCCCC1(CCCCCCCC/C=C\C/C=C\CCCCC)CC2(C1)O[C@H]1C[C@@H](CCCOP(=O)(O)OC)C[C@H]1O2. The molecule has 7 heteroatoms. The molecule has 0 aromatic heterocycles. The van der Waals surface area contributed by atoms with Gasteiger partial charge in [-0.3, -0.25) is 9.05 Å². The summed E-state index contributed by atoms with van der Waals surface area (Å²) in [6, 6.07) is 0. The van der Waals surface area contributed by atoms with E-state index in [-0.39, 0.29) is 24.6 Å². The zero-order chi connectivity index (χ0) is 40.1. The maximum Gasteiger partial charge on any atom is 0.471 e. The van der Waals surface area contributed by atoms with Gasteiger partial charge in [-0.1, -0.05) is 152 Å². The number of ether oxygens (including phenoxy) is 2. The van der Waals surface area contributed by atoms with Crippen LogP contribution in [-0.4, -0.2) is 36.6 Å². The lowest BCUT2D eigenvalue weighted by atomic mass is 9.59. The van der Waals surface area contributed by atoms with Gasteiger partial charge in [0.2, 0.25) is 0 Å². The first-order valence-electron chi connectivity index (χ1n) is 23.8. The van der Waals surface area contributed by atoms with Crippen molar-refractivity contribution < 1.29 is 28.0 Å². The van der Waals surface area contributed by atoms with Crippen LogP contribution in [0.1, 0.15) is 219 Å². The monoisotopic (exact) mass is 803 g/mol. The smallest absolute Gasteiger partial charge is 0.344 e. The van der Waals surface area contributed by atoms with E-state index in [1.54, 1.807) is 0 Å². The van der Waals surface area contributed by atoms with E-state index in [1.807, 2.05) is 0 Å². The fourth-order valence-corrected chi connectivity index (χ4v) is 9.90. The lowest BCUT2D eigenvalue weighted by Crippen LogP contribution is -2.53. The highest BCUT2D eigenvalue weighted by molar-refractivity contribution is 7.47. The van der Waals surface area contributed by atoms with Crippen LogP contribution >= 0.6 is 7.82 Å². The molecule has 2 aliphatic carbocycles. The molecule has 0 radical (unpaired) electrons. The first-order valence-corrected chi connectivity index (χ1v) is 25.3. The van der Waals surface area contributed by atoms with Crippen LogP contribution in [0.25, 0.3) is 0 Å². The highest BCUT2D eigenvalue weighted by atomic mass is 31.2. The van der Waals surface area contributed by atoms with Gasteiger partial charge in [0.15, 0.2) is 5.79 Å². The van der Waals surface area contributed by atoms with Gasteiger partial charge in [0.25, 0.3) is 0 Å². The van der Waals surface area contributed by atoms with Gasteiger partial charge in [-0.2, -0.15) is 0 Å². The van der Waals surface area contributed by atoms with Crippen molar-refractivity contribution in [3.05, 3.63) is 48.6 Å². The molecule has 0 aromatic carbocycles. The molecule has 4 atom stereocenters. The molecular weight excluding hydrogens is 716 g/mol. The summed E-state index contributed by atoms with van der Waals surface area (Å²) in [5.74, 6) is 0.176. The lowest BCUT2D eigenvalue weighted by molar-refractivity contribution is -0.281. The average Bonchev–Trinajstić information content (AvgIpc) is 3.72. The molecule has 3 rings (SSSR count). The van der Waals surface area contributed by atoms with E-state index in [9.17, 15) is 9.46 Å². The fourth-order valence-electron chi connectivity index (χ4n) is 9.44. The van der Waals surface area contributed by atoms with E-state index in [1.165, 1.54) is 161 Å². The second-order valence-electron chi connectivity index (χ2n) is 17.7. The van der Waals surface area contributed by atoms with Crippen molar-refractivity contribution in [1.29, 1.82) is 0 Å². The summed E-state index contributed by atoms with van der Waals surface area (Å²) in [6.07, 6.45) is 59.0. The fraction of sp³-hybridized carbons (Fsp3) is 0.837. The summed E-state index contributed by atoms with van der Waals surface area (Å²) in [4.78, 5) is 9.48. The Labute approximate surface area is 345 Å². The molecule has 1 N–H and O–H groups in total. The van der Waals surface area contributed by atoms with Crippen molar-refractivity contribution in [3.63, 3.8) is 0 Å². The minimum Gasteiger partial charge on any atom is -0.344 e. The van der Waals surface area contributed by atoms with Gasteiger partial charge < -0.3 is 14.4 Å². The molecule has 6 nitrogen and oxygen atoms in total. The predicted octanol–water partition coefficient (Wildman–Crippen LogP) is 15.6. The highest BCUT2D eigenvalue weighted by Crippen LogP contribution is 2.61. The zero-order valence-corrected chi connectivity index (χ0v) is 37.5. The summed E-state index contributed by atoms with van der Waals surface area (Å²) in [7, 11) is -2.69. The zero-order valence-electron chi connectivity index (χ0n) is 36.6. The maximum atomic E-state index is 11.6. The molecular formula is C49H87O6P. The van der Waals surface area contributed by atoms with Crippen molar-refractivity contribution in [2.24, 2.45) is 11.3 Å². The standard InChI is InChI=1S/C49H87O6P/c1-4-6-8-10-12-14-16-18-20-22-24-26-28-30-32-34-38-48(39-35-33-31-29-27-25-23-21-19-17-15-13-11-9-7-5-2)43-49(44-48)54-46-41-45(42-47(46)55-49)37-36-40-53-56(50,51)52-3/h12-15,18-21,45-47H,4-11,16-17,22-44H2,1-3H3,(H,50,51)/b14-12-,15-13-,20-18-,21-19-/t45-,46+,47-. The Morgan fingerprint density at radius 2 is 1.00 bits per heavy atom. The average molecular weight is 803 g/mol. The molecule has 324 valence electrons. The van der Waals surface area contributed by atoms with Gasteiger partial charge in [-0.25, -0.2) is 4.57 Å². The molecule has 1 saturated heterocycles. The van der Waals surface area contributed by atoms with Crippen LogP contribution in [0.15, 0.2) is 48.6 Å². The molecule has 56 heavy (non-hydrogen) atoms. The third kappa shape index (κ3) is 21.3. The second-order valence-corrected chi connectivity index (χ2v) is 19.3. The Bertz CT molecular complexity index is 1070. The molecule has 2 saturated carbocycles. The number of unbranched alkanes of at least 4 members (excludes halogenated alkanes) is 18. The van der Waals surface area contributed by atoms with Crippen LogP contribution in [-0.2, 0) is 23.1 Å². The quantitative estimate of drug-likeness (QED) is 0.0386. The Balaban J connectivity index is 1.30. The van der Waals surface area contributed by atoms with Gasteiger partial charge in [0.05, 0.1) is 18.8 Å². The van der Waals surface area contributed by atoms with E-state index in [4.69, 9.17) is 14.0 Å². The lowest BCUT2D eigenvalue weighted by Gasteiger charge is -2.54. The highest BCUT2D eigenvalue weighted by Gasteiger charge is 2.62. The van der Waals surface area contributed by atoms with Crippen LogP contribution in [0.4, 0.5) is 0 Å². The van der Waals surface area contributed by atoms with Crippen LogP contribution in [0.3, 0.4) is 0 Å². The second kappa shape index (κ2) is 30.1. The van der Waals surface area contributed by atoms with Crippen molar-refractivity contribution in [1.82, 2.24) is 0 Å². The van der Waals surface area contributed by atoms with E-state index in [0.29, 0.717) is 11.3 Å². The minimum atomic E-state index is -3.89. The van der Waals surface area contributed by atoms with E-state index >= 15 is 0 Å². The predicted molar refractivity (Wildman–Crippen MR) is 237 cm³/mol. The van der Waals surface area contributed by atoms with Gasteiger partial charge in [0.1, 0.15) is 0 Å². The number of hydrogen-bond donors (Lipinski definition) is 1. The largest absolute Gasteiger partial charge is 0.471 e. The molecule has 1 spiro atoms. The third-order valence-corrected chi connectivity index (χ3v) is 13.6. The van der Waals surface area contributed by atoms with E-state index in [0.717, 1.165) is 51.4 Å². The molecule has 3 fully saturated rings. The molecule has 1 aliphatic heterocycles. The maximum absolute atomic E-state index is 11.6.